The highest BCUT2D eigenvalue weighted by molar-refractivity contribution is 6.67. The van der Waals surface area contributed by atoms with Crippen LogP contribution in [0.25, 0.3) is 0 Å². The molecule has 16 nitrogen and oxygen atoms in total. The molecular weight excluding hydrogens is 1250 g/mol. The monoisotopic (exact) mass is 1370 g/mol. The molecule has 0 radical (unpaired) electrons. The molecule has 0 aliphatic carbocycles. The summed E-state index contributed by atoms with van der Waals surface area (Å²) in [5.41, 5.74) is 0.913. The number of fused-ring (bicyclic) bond motifs is 1. The van der Waals surface area contributed by atoms with E-state index in [9.17, 15) is 24.0 Å². The zero-order valence-corrected chi connectivity index (χ0v) is 60.9. The van der Waals surface area contributed by atoms with Gasteiger partial charge in [-0.25, -0.2) is 4.79 Å². The fourth-order valence-corrected chi connectivity index (χ4v) is 12.3. The Morgan fingerprint density at radius 2 is 1.01 bits per heavy atom. The third-order valence-electron chi connectivity index (χ3n) is 17.5. The minimum atomic E-state index is -1.96. The smallest absolute Gasteiger partial charge is 0.407 e. The van der Waals surface area contributed by atoms with Gasteiger partial charge in [-0.05, 0) is 57.9 Å². The summed E-state index contributed by atoms with van der Waals surface area (Å²) in [5, 5.41) is 5.88. The number of carbonyl (C=O) groups is 5. The van der Waals surface area contributed by atoms with Crippen LogP contribution in [0.4, 0.5) is 4.79 Å². The van der Waals surface area contributed by atoms with Crippen molar-refractivity contribution in [3.63, 3.8) is 0 Å². The Labute approximate surface area is 577 Å². The van der Waals surface area contributed by atoms with Gasteiger partial charge < -0.3 is 53.3 Å². The molecule has 538 valence electrons. The number of hydrogen-bond acceptors (Lipinski definition) is 14. The molecule has 0 aromatic heterocycles. The summed E-state index contributed by atoms with van der Waals surface area (Å²) in [5.74, 6) is -2.90. The number of nitrogens with one attached hydrogen (secondary N) is 2. The second-order valence-corrected chi connectivity index (χ2v) is 29.3. The van der Waals surface area contributed by atoms with E-state index in [1.54, 1.807) is 13.8 Å². The first-order valence-electron chi connectivity index (χ1n) is 37.0. The van der Waals surface area contributed by atoms with E-state index < -0.39 is 77.1 Å². The van der Waals surface area contributed by atoms with E-state index in [-0.39, 0.29) is 63.5 Å². The summed E-state index contributed by atoms with van der Waals surface area (Å²) >= 11 is 18.1. The first-order valence-corrected chi connectivity index (χ1v) is 38.2. The number of amides is 2. The van der Waals surface area contributed by atoms with Gasteiger partial charge in [-0.1, -0.05) is 298 Å². The molecule has 2 N–H and O–H groups in total. The third-order valence-corrected chi connectivity index (χ3v) is 17.8. The van der Waals surface area contributed by atoms with Gasteiger partial charge in [0.1, 0.15) is 37.1 Å². The van der Waals surface area contributed by atoms with E-state index >= 15 is 0 Å². The standard InChI is InChI=1S/C74H127Cl3N2O14/c1-7-11-15-19-23-27-31-35-42-48-61(89-65(81)50-44-37-33-29-25-21-17-13-9-3)52-64(80)78-60(55-85-54-59-46-40-39-41-47-59)56-86-71-68(79-72(84)87-58-74(75,76)77)70(69-63(91-71)57-88-73(5,6)93-69)92-67(83)53-62(49-43-36-32-28-24-20-16-12-8-2)90-66(82)51-45-38-34-30-26-22-18-14-10-4/h39-41,46-47,60-63,68-71H,7-38,42-45,48-58H2,1-6H3,(H,78,80)(H,79,84)/t60-,61+,62+,63+,68+,69+,70+,71?/m0/s1. The van der Waals surface area contributed by atoms with Crippen molar-refractivity contribution in [2.45, 2.75) is 376 Å². The number of alkyl carbamates (subject to hydrolysis) is 1. The lowest BCUT2D eigenvalue weighted by atomic mass is 9.95. The number of hydrogen-bond donors (Lipinski definition) is 2. The fourth-order valence-electron chi connectivity index (χ4n) is 12.1. The number of carbonyl (C=O) groups excluding carboxylic acids is 5. The summed E-state index contributed by atoms with van der Waals surface area (Å²) in [6.45, 7) is 11.7. The highest BCUT2D eigenvalue weighted by atomic mass is 35.6. The Kier molecular flexibility index (Phi) is 48.1. The highest BCUT2D eigenvalue weighted by Crippen LogP contribution is 2.36. The largest absolute Gasteiger partial charge is 0.462 e. The quantitative estimate of drug-likeness (QED) is 0.0271. The number of alkyl halides is 3. The maximum Gasteiger partial charge on any atom is 0.407 e. The molecule has 2 aliphatic rings. The lowest BCUT2D eigenvalue weighted by molar-refractivity contribution is -0.369. The van der Waals surface area contributed by atoms with Crippen LogP contribution in [0, 0.1) is 0 Å². The first kappa shape index (κ1) is 84.3. The van der Waals surface area contributed by atoms with Crippen LogP contribution in [0.15, 0.2) is 30.3 Å². The maximum atomic E-state index is 14.6. The Balaban J connectivity index is 1.89. The Hall–Kier alpha value is -2.96. The van der Waals surface area contributed by atoms with Crippen molar-refractivity contribution in [1.82, 2.24) is 10.6 Å². The summed E-state index contributed by atoms with van der Waals surface area (Å²) in [6.07, 6.45) is 34.3. The minimum Gasteiger partial charge on any atom is -0.462 e. The molecule has 2 fully saturated rings. The van der Waals surface area contributed by atoms with Crippen molar-refractivity contribution in [1.29, 1.82) is 0 Å². The van der Waals surface area contributed by atoms with Crippen molar-refractivity contribution in [3.8, 4) is 0 Å². The zero-order chi connectivity index (χ0) is 67.6. The van der Waals surface area contributed by atoms with Gasteiger partial charge in [-0.15, -0.1) is 0 Å². The van der Waals surface area contributed by atoms with Gasteiger partial charge in [-0.2, -0.15) is 0 Å². The van der Waals surface area contributed by atoms with Crippen LogP contribution < -0.4 is 10.6 Å². The van der Waals surface area contributed by atoms with Crippen molar-refractivity contribution < 1.29 is 66.6 Å². The third kappa shape index (κ3) is 43.1. The van der Waals surface area contributed by atoms with Crippen LogP contribution in [0.1, 0.15) is 317 Å². The van der Waals surface area contributed by atoms with Crippen LogP contribution in [0.5, 0.6) is 0 Å². The Morgan fingerprint density at radius 3 is 1.47 bits per heavy atom. The maximum absolute atomic E-state index is 14.6. The van der Waals surface area contributed by atoms with Gasteiger partial charge in [0.2, 0.25) is 9.70 Å². The first-order chi connectivity index (χ1) is 44.9. The average Bonchev–Trinajstić information content (AvgIpc) is 0.772. The Bertz CT molecular complexity index is 2070. The summed E-state index contributed by atoms with van der Waals surface area (Å²) in [7, 11) is 0. The van der Waals surface area contributed by atoms with Crippen LogP contribution in [-0.4, -0.2) is 115 Å². The number of unbranched alkanes of at least 4 members (excludes halogenated alkanes) is 32. The molecule has 2 amide bonds. The molecule has 0 saturated carbocycles. The summed E-state index contributed by atoms with van der Waals surface area (Å²) < 4.78 is 54.2. The van der Waals surface area contributed by atoms with Gasteiger partial charge in [0, 0.05) is 12.8 Å². The number of rotatable bonds is 57. The Morgan fingerprint density at radius 1 is 0.570 bits per heavy atom. The molecule has 2 saturated heterocycles. The van der Waals surface area contributed by atoms with Gasteiger partial charge in [0.05, 0.1) is 45.3 Å². The molecule has 93 heavy (non-hydrogen) atoms. The van der Waals surface area contributed by atoms with E-state index in [2.05, 4.69) is 38.3 Å². The van der Waals surface area contributed by atoms with Gasteiger partial charge >= 0.3 is 24.0 Å². The summed E-state index contributed by atoms with van der Waals surface area (Å²) in [6, 6.07) is 7.49. The molecule has 3 rings (SSSR count). The molecule has 2 aliphatic heterocycles. The topological polar surface area (TPSA) is 192 Å². The minimum absolute atomic E-state index is 0.00769. The number of benzene rings is 1. The van der Waals surface area contributed by atoms with Gasteiger partial charge in [-0.3, -0.25) is 19.2 Å². The molecule has 19 heteroatoms. The molecule has 2 heterocycles. The second kappa shape index (κ2) is 53.1. The van der Waals surface area contributed by atoms with Crippen LogP contribution in [0.3, 0.4) is 0 Å². The predicted octanol–water partition coefficient (Wildman–Crippen LogP) is 19.2. The molecule has 0 bridgehead atoms. The molecule has 1 unspecified atom stereocenters. The van der Waals surface area contributed by atoms with E-state index in [1.807, 2.05) is 30.3 Å². The normalized spacial score (nSPS) is 18.8. The molecule has 0 spiro atoms. The molecule has 1 aromatic rings. The highest BCUT2D eigenvalue weighted by Gasteiger charge is 2.54. The predicted molar refractivity (Wildman–Crippen MR) is 372 cm³/mol. The lowest BCUT2D eigenvalue weighted by Crippen LogP contribution is -2.69. The SMILES string of the molecule is CCCCCCCCCCCC(=O)O[C@H](CCCCCCCCCCC)CC(=O)N[C@@H](COCc1ccccc1)COC1O[C@@H]2COC(C)(C)O[C@H]2[C@H](OC(=O)C[C@@H](CCCCCCCCCCC)OC(=O)CCCCCCCCCCC)[C@H]1NC(=O)OCC(Cl)(Cl)Cl. The van der Waals surface area contributed by atoms with Gasteiger partial charge in [0.25, 0.3) is 0 Å². The van der Waals surface area contributed by atoms with E-state index in [4.69, 9.17) is 77.4 Å². The van der Waals surface area contributed by atoms with Crippen molar-refractivity contribution in [2.75, 3.05) is 26.4 Å². The van der Waals surface area contributed by atoms with E-state index in [1.165, 1.54) is 128 Å². The van der Waals surface area contributed by atoms with Crippen molar-refractivity contribution in [2.24, 2.45) is 0 Å². The van der Waals surface area contributed by atoms with E-state index in [0.29, 0.717) is 25.7 Å². The van der Waals surface area contributed by atoms with Crippen LogP contribution in [0.2, 0.25) is 0 Å². The number of halogens is 3. The van der Waals surface area contributed by atoms with Crippen LogP contribution in [-0.2, 0) is 68.4 Å². The van der Waals surface area contributed by atoms with E-state index in [0.717, 1.165) is 102 Å². The molecule has 8 atom stereocenters. The average molecular weight is 1380 g/mol. The molecular formula is C74H127Cl3N2O14. The van der Waals surface area contributed by atoms with Crippen molar-refractivity contribution >= 4 is 64.7 Å². The fraction of sp³-hybridized carbons (Fsp3) is 0.851. The van der Waals surface area contributed by atoms with Crippen molar-refractivity contribution in [3.05, 3.63) is 35.9 Å². The number of esters is 3. The summed E-state index contributed by atoms with van der Waals surface area (Å²) in [4.78, 5) is 69.8. The molecule has 1 aromatic carbocycles. The zero-order valence-electron chi connectivity index (χ0n) is 58.6. The lowest BCUT2D eigenvalue weighted by Gasteiger charge is -2.50. The number of ether oxygens (including phenoxy) is 9. The van der Waals surface area contributed by atoms with Crippen LogP contribution >= 0.6 is 34.8 Å². The second-order valence-electron chi connectivity index (χ2n) is 26.8. The van der Waals surface area contributed by atoms with Gasteiger partial charge in [0.15, 0.2) is 18.2 Å².